The molecule has 1 amide bonds. The van der Waals surface area contributed by atoms with Crippen molar-refractivity contribution in [3.8, 4) is 0 Å². The summed E-state index contributed by atoms with van der Waals surface area (Å²) in [6.07, 6.45) is 6.46. The Bertz CT molecular complexity index is 552. The maximum Gasteiger partial charge on any atom is 0.234 e. The topological polar surface area (TPSA) is 48.5 Å². The molecule has 3 rings (SSSR count). The van der Waals surface area contributed by atoms with Gasteiger partial charge in [0, 0.05) is 44.1 Å². The predicted molar refractivity (Wildman–Crippen MR) is 97.5 cm³/mol. The van der Waals surface area contributed by atoms with Gasteiger partial charge in [0.15, 0.2) is 0 Å². The number of anilines is 1. The van der Waals surface area contributed by atoms with Crippen LogP contribution in [0.1, 0.15) is 32.6 Å². The van der Waals surface area contributed by atoms with Crippen LogP contribution in [0.4, 0.5) is 5.69 Å². The molecule has 2 aliphatic rings. The molecule has 1 saturated heterocycles. The quantitative estimate of drug-likeness (QED) is 0.848. The summed E-state index contributed by atoms with van der Waals surface area (Å²) >= 11 is 5.96. The van der Waals surface area contributed by atoms with E-state index in [0.29, 0.717) is 17.7 Å². The number of aromatic nitrogens is 1. The molecular formula is C18H27ClN4O. The van der Waals surface area contributed by atoms with Crippen LogP contribution in [0.5, 0.6) is 0 Å². The number of piperazine rings is 1. The van der Waals surface area contributed by atoms with E-state index in [1.807, 2.05) is 12.1 Å². The van der Waals surface area contributed by atoms with E-state index in [1.54, 1.807) is 6.20 Å². The molecule has 0 radical (unpaired) electrons. The summed E-state index contributed by atoms with van der Waals surface area (Å²) in [6, 6.07) is 4.26. The maximum absolute atomic E-state index is 12.3. The fourth-order valence-electron chi connectivity index (χ4n) is 3.63. The van der Waals surface area contributed by atoms with E-state index in [0.717, 1.165) is 50.6 Å². The first kappa shape index (κ1) is 17.5. The Morgan fingerprint density at radius 2 is 1.96 bits per heavy atom. The molecule has 0 bridgehead atoms. The summed E-state index contributed by atoms with van der Waals surface area (Å²) in [5, 5.41) is 3.74. The third-order valence-electron chi connectivity index (χ3n) is 5.20. The van der Waals surface area contributed by atoms with E-state index in [2.05, 4.69) is 27.0 Å². The molecule has 2 heterocycles. The van der Waals surface area contributed by atoms with Gasteiger partial charge in [-0.15, -0.1) is 0 Å². The Hall–Kier alpha value is -1.33. The average Bonchev–Trinajstić information content (AvgIpc) is 2.58. The molecule has 1 N–H and O–H groups in total. The molecule has 132 valence electrons. The molecule has 0 atom stereocenters. The number of pyridine rings is 1. The van der Waals surface area contributed by atoms with E-state index in [1.165, 1.54) is 12.8 Å². The number of nitrogens with zero attached hydrogens (tertiary/aromatic N) is 3. The number of carbonyl (C=O) groups excluding carboxylic acids is 1. The lowest BCUT2D eigenvalue weighted by Gasteiger charge is -2.36. The van der Waals surface area contributed by atoms with Crippen molar-refractivity contribution in [2.45, 2.75) is 38.6 Å². The summed E-state index contributed by atoms with van der Waals surface area (Å²) in [4.78, 5) is 20.8. The van der Waals surface area contributed by atoms with Crippen LogP contribution >= 0.6 is 11.6 Å². The molecule has 24 heavy (non-hydrogen) atoms. The number of nitrogens with one attached hydrogen (secondary N) is 1. The third-order valence-corrected chi connectivity index (χ3v) is 5.40. The number of halogens is 1. The number of hydrogen-bond donors (Lipinski definition) is 1. The fraction of sp³-hybridized carbons (Fsp3) is 0.667. The van der Waals surface area contributed by atoms with Crippen LogP contribution in [0.3, 0.4) is 0 Å². The van der Waals surface area contributed by atoms with Gasteiger partial charge in [-0.3, -0.25) is 9.69 Å². The summed E-state index contributed by atoms with van der Waals surface area (Å²) in [6.45, 7) is 6.43. The van der Waals surface area contributed by atoms with Crippen LogP contribution < -0.4 is 10.2 Å². The van der Waals surface area contributed by atoms with E-state index in [4.69, 9.17) is 11.6 Å². The molecule has 1 aromatic heterocycles. The Morgan fingerprint density at radius 3 is 2.62 bits per heavy atom. The van der Waals surface area contributed by atoms with Crippen LogP contribution in [-0.4, -0.2) is 54.6 Å². The van der Waals surface area contributed by atoms with E-state index in [-0.39, 0.29) is 5.91 Å². The molecule has 0 spiro atoms. The first-order valence-electron chi connectivity index (χ1n) is 8.98. The lowest BCUT2D eigenvalue weighted by atomic mass is 9.87. The molecule has 0 aromatic carbocycles. The molecule has 1 saturated carbocycles. The van der Waals surface area contributed by atoms with Crippen molar-refractivity contribution in [3.63, 3.8) is 0 Å². The van der Waals surface area contributed by atoms with Crippen molar-refractivity contribution >= 4 is 23.2 Å². The molecule has 0 unspecified atom stereocenters. The second-order valence-electron chi connectivity index (χ2n) is 7.12. The van der Waals surface area contributed by atoms with Gasteiger partial charge in [-0.05, 0) is 43.7 Å². The van der Waals surface area contributed by atoms with Gasteiger partial charge < -0.3 is 10.2 Å². The van der Waals surface area contributed by atoms with E-state index in [9.17, 15) is 4.79 Å². The molecule has 1 aromatic rings. The van der Waals surface area contributed by atoms with Crippen molar-refractivity contribution < 1.29 is 4.79 Å². The lowest BCUT2D eigenvalue weighted by molar-refractivity contribution is -0.123. The van der Waals surface area contributed by atoms with Crippen molar-refractivity contribution in [3.05, 3.63) is 23.5 Å². The van der Waals surface area contributed by atoms with Crippen molar-refractivity contribution in [2.75, 3.05) is 37.6 Å². The van der Waals surface area contributed by atoms with Crippen molar-refractivity contribution in [1.82, 2.24) is 15.2 Å². The Morgan fingerprint density at radius 1 is 1.25 bits per heavy atom. The van der Waals surface area contributed by atoms with Crippen LogP contribution in [0.2, 0.25) is 5.15 Å². The zero-order valence-electron chi connectivity index (χ0n) is 14.4. The first-order chi connectivity index (χ1) is 11.6. The molecule has 6 heteroatoms. The smallest absolute Gasteiger partial charge is 0.234 e. The zero-order valence-corrected chi connectivity index (χ0v) is 15.1. The molecule has 1 aliphatic heterocycles. The second-order valence-corrected chi connectivity index (χ2v) is 7.51. The summed E-state index contributed by atoms with van der Waals surface area (Å²) < 4.78 is 0. The molecule has 5 nitrogen and oxygen atoms in total. The highest BCUT2D eigenvalue weighted by Crippen LogP contribution is 2.23. The van der Waals surface area contributed by atoms with Gasteiger partial charge in [0.05, 0.1) is 6.54 Å². The minimum absolute atomic E-state index is 0.176. The van der Waals surface area contributed by atoms with Gasteiger partial charge in [0.2, 0.25) is 5.91 Å². The maximum atomic E-state index is 12.3. The van der Waals surface area contributed by atoms with Crippen LogP contribution in [0, 0.1) is 5.92 Å². The summed E-state index contributed by atoms with van der Waals surface area (Å²) in [5.41, 5.74) is 1.11. The van der Waals surface area contributed by atoms with Gasteiger partial charge >= 0.3 is 0 Å². The van der Waals surface area contributed by atoms with Crippen molar-refractivity contribution in [1.29, 1.82) is 0 Å². The highest BCUT2D eigenvalue weighted by Gasteiger charge is 2.23. The largest absolute Gasteiger partial charge is 0.369 e. The van der Waals surface area contributed by atoms with Gasteiger partial charge in [-0.1, -0.05) is 18.5 Å². The first-order valence-corrected chi connectivity index (χ1v) is 9.36. The molecule has 2 fully saturated rings. The van der Waals surface area contributed by atoms with E-state index < -0.39 is 0 Å². The predicted octanol–water partition coefficient (Wildman–Crippen LogP) is 2.55. The summed E-state index contributed by atoms with van der Waals surface area (Å²) in [5.74, 6) is 0.989. The minimum Gasteiger partial charge on any atom is -0.369 e. The summed E-state index contributed by atoms with van der Waals surface area (Å²) in [7, 11) is 0. The standard InChI is InChI=1S/C18H27ClN4O/c1-14-2-4-15(5-3-14)21-18(24)13-22-8-10-23(11-9-22)16-6-7-20-17(19)12-16/h6-7,12,14-15H,2-5,8-11,13H2,1H3,(H,21,24). The lowest BCUT2D eigenvalue weighted by Crippen LogP contribution is -2.50. The number of amides is 1. The second kappa shape index (κ2) is 8.17. The monoisotopic (exact) mass is 350 g/mol. The number of carbonyl (C=O) groups is 1. The Labute approximate surface area is 149 Å². The Kier molecular flexibility index (Phi) is 5.95. The van der Waals surface area contributed by atoms with Gasteiger partial charge in [0.1, 0.15) is 5.15 Å². The Balaban J connectivity index is 1.41. The van der Waals surface area contributed by atoms with Gasteiger partial charge in [-0.2, -0.15) is 0 Å². The van der Waals surface area contributed by atoms with Crippen molar-refractivity contribution in [2.24, 2.45) is 5.92 Å². The van der Waals surface area contributed by atoms with Crippen LogP contribution in [0.15, 0.2) is 18.3 Å². The van der Waals surface area contributed by atoms with Gasteiger partial charge in [-0.25, -0.2) is 4.98 Å². The van der Waals surface area contributed by atoms with Crippen LogP contribution in [-0.2, 0) is 4.79 Å². The minimum atomic E-state index is 0.176. The normalized spacial score (nSPS) is 25.5. The zero-order chi connectivity index (χ0) is 16.9. The SMILES string of the molecule is CC1CCC(NC(=O)CN2CCN(c3ccnc(Cl)c3)CC2)CC1. The number of hydrogen-bond acceptors (Lipinski definition) is 4. The highest BCUT2D eigenvalue weighted by atomic mass is 35.5. The fourth-order valence-corrected chi connectivity index (χ4v) is 3.80. The average molecular weight is 351 g/mol. The molecule has 1 aliphatic carbocycles. The van der Waals surface area contributed by atoms with E-state index >= 15 is 0 Å². The molecular weight excluding hydrogens is 324 g/mol. The third kappa shape index (κ3) is 4.84. The number of rotatable bonds is 4. The van der Waals surface area contributed by atoms with Gasteiger partial charge in [0.25, 0.3) is 0 Å². The highest BCUT2D eigenvalue weighted by molar-refractivity contribution is 6.29. The van der Waals surface area contributed by atoms with Crippen LogP contribution in [0.25, 0.3) is 0 Å².